The fourth-order valence-electron chi connectivity index (χ4n) is 2.38. The molecule has 3 N–H and O–H groups in total. The highest BCUT2D eigenvalue weighted by molar-refractivity contribution is 7.99. The van der Waals surface area contributed by atoms with Gasteiger partial charge in [0.1, 0.15) is 0 Å². The molecule has 5 nitrogen and oxygen atoms in total. The quantitative estimate of drug-likeness (QED) is 0.776. The summed E-state index contributed by atoms with van der Waals surface area (Å²) in [5.41, 5.74) is 5.19. The molecular weight excluding hydrogens is 341 g/mol. The van der Waals surface area contributed by atoms with Crippen molar-refractivity contribution in [2.24, 2.45) is 11.7 Å². The summed E-state index contributed by atoms with van der Waals surface area (Å²) in [4.78, 5) is 0. The fraction of sp³-hybridized carbons (Fsp3) is 0.467. The lowest BCUT2D eigenvalue weighted by Gasteiger charge is -2.13. The SMILES string of the molecule is NCc1nnc(SC[C@@H](O)C2CC2)n1-c1cccc(C(F)(F)F)c1. The van der Waals surface area contributed by atoms with E-state index >= 15 is 0 Å². The first-order valence-electron chi connectivity index (χ1n) is 7.53. The second-order valence-electron chi connectivity index (χ2n) is 5.70. The summed E-state index contributed by atoms with van der Waals surface area (Å²) in [5, 5.41) is 18.4. The minimum absolute atomic E-state index is 0.0506. The lowest BCUT2D eigenvalue weighted by Crippen LogP contribution is -2.14. The van der Waals surface area contributed by atoms with Gasteiger partial charge >= 0.3 is 6.18 Å². The predicted molar refractivity (Wildman–Crippen MR) is 83.7 cm³/mol. The first kappa shape index (κ1) is 17.2. The molecule has 0 aliphatic heterocycles. The van der Waals surface area contributed by atoms with Gasteiger partial charge < -0.3 is 10.8 Å². The van der Waals surface area contributed by atoms with Gasteiger partial charge in [-0.1, -0.05) is 17.8 Å². The van der Waals surface area contributed by atoms with Crippen molar-refractivity contribution >= 4 is 11.8 Å². The zero-order valence-electron chi connectivity index (χ0n) is 12.7. The topological polar surface area (TPSA) is 77.0 Å². The summed E-state index contributed by atoms with van der Waals surface area (Å²) in [6.07, 6.45) is -2.85. The molecule has 1 heterocycles. The molecule has 3 rings (SSSR count). The smallest absolute Gasteiger partial charge is 0.392 e. The second kappa shape index (κ2) is 6.73. The van der Waals surface area contributed by atoms with Gasteiger partial charge in [-0.05, 0) is 37.0 Å². The Hall–Kier alpha value is -1.58. The van der Waals surface area contributed by atoms with E-state index in [4.69, 9.17) is 5.73 Å². The van der Waals surface area contributed by atoms with Gasteiger partial charge in [-0.3, -0.25) is 4.57 Å². The number of aliphatic hydroxyl groups excluding tert-OH is 1. The van der Waals surface area contributed by atoms with Crippen LogP contribution < -0.4 is 5.73 Å². The van der Waals surface area contributed by atoms with Crippen LogP contribution in [0.5, 0.6) is 0 Å². The molecule has 0 spiro atoms. The van der Waals surface area contributed by atoms with E-state index in [2.05, 4.69) is 10.2 Å². The molecule has 0 unspecified atom stereocenters. The molecule has 9 heteroatoms. The van der Waals surface area contributed by atoms with E-state index in [1.807, 2.05) is 0 Å². The number of halogens is 3. The number of alkyl halides is 3. The average Bonchev–Trinajstić information content (AvgIpc) is 3.32. The maximum atomic E-state index is 12.9. The Kier molecular flexibility index (Phi) is 4.84. The van der Waals surface area contributed by atoms with Crippen LogP contribution >= 0.6 is 11.8 Å². The minimum atomic E-state index is -4.43. The number of rotatable bonds is 6. The third-order valence-electron chi connectivity index (χ3n) is 3.86. The van der Waals surface area contributed by atoms with Gasteiger partial charge in [0.25, 0.3) is 0 Å². The van der Waals surface area contributed by atoms with Crippen molar-refractivity contribution in [3.05, 3.63) is 35.7 Å². The highest BCUT2D eigenvalue weighted by Gasteiger charge is 2.32. The number of hydrogen-bond acceptors (Lipinski definition) is 5. The molecule has 1 aliphatic carbocycles. The Labute approximate surface area is 141 Å². The van der Waals surface area contributed by atoms with Crippen LogP contribution in [0.3, 0.4) is 0 Å². The predicted octanol–water partition coefficient (Wildman–Crippen LogP) is 2.61. The van der Waals surface area contributed by atoms with E-state index < -0.39 is 17.8 Å². The lowest BCUT2D eigenvalue weighted by atomic mass is 10.2. The number of thioether (sulfide) groups is 1. The maximum Gasteiger partial charge on any atom is 0.416 e. The summed E-state index contributed by atoms with van der Waals surface area (Å²) in [5.74, 6) is 1.11. The van der Waals surface area contributed by atoms with Crippen molar-refractivity contribution in [2.45, 2.75) is 36.8 Å². The highest BCUT2D eigenvalue weighted by Crippen LogP contribution is 2.35. The summed E-state index contributed by atoms with van der Waals surface area (Å²) in [6.45, 7) is 0.0506. The third-order valence-corrected chi connectivity index (χ3v) is 4.89. The maximum absolute atomic E-state index is 12.9. The van der Waals surface area contributed by atoms with Crippen LogP contribution in [0.25, 0.3) is 5.69 Å². The van der Waals surface area contributed by atoms with E-state index in [0.29, 0.717) is 28.3 Å². The third kappa shape index (κ3) is 3.73. The van der Waals surface area contributed by atoms with Crippen LogP contribution in [0, 0.1) is 5.92 Å². The van der Waals surface area contributed by atoms with Crippen LogP contribution in [0.2, 0.25) is 0 Å². The van der Waals surface area contributed by atoms with Crippen LogP contribution in [0.1, 0.15) is 24.2 Å². The van der Waals surface area contributed by atoms with Crippen LogP contribution in [0.15, 0.2) is 29.4 Å². The largest absolute Gasteiger partial charge is 0.416 e. The van der Waals surface area contributed by atoms with Crippen molar-refractivity contribution < 1.29 is 18.3 Å². The van der Waals surface area contributed by atoms with E-state index in [9.17, 15) is 18.3 Å². The summed E-state index contributed by atoms with van der Waals surface area (Å²) in [7, 11) is 0. The number of hydrogen-bond donors (Lipinski definition) is 2. The van der Waals surface area contributed by atoms with E-state index in [1.54, 1.807) is 6.07 Å². The van der Waals surface area contributed by atoms with E-state index in [0.717, 1.165) is 25.0 Å². The van der Waals surface area contributed by atoms with Crippen molar-refractivity contribution in [3.63, 3.8) is 0 Å². The molecule has 130 valence electrons. The highest BCUT2D eigenvalue weighted by atomic mass is 32.2. The first-order chi connectivity index (χ1) is 11.4. The molecule has 0 radical (unpaired) electrons. The molecule has 0 bridgehead atoms. The second-order valence-corrected chi connectivity index (χ2v) is 6.69. The molecule has 24 heavy (non-hydrogen) atoms. The average molecular weight is 358 g/mol. The van der Waals surface area contributed by atoms with Gasteiger partial charge in [-0.15, -0.1) is 10.2 Å². The Balaban J connectivity index is 1.89. The molecule has 1 aromatic carbocycles. The van der Waals surface area contributed by atoms with E-state index in [1.165, 1.54) is 22.4 Å². The van der Waals surface area contributed by atoms with Crippen LogP contribution in [-0.2, 0) is 12.7 Å². The summed E-state index contributed by atoms with van der Waals surface area (Å²) >= 11 is 1.27. The summed E-state index contributed by atoms with van der Waals surface area (Å²) < 4.78 is 40.3. The monoisotopic (exact) mass is 358 g/mol. The molecule has 1 atom stereocenters. The Morgan fingerprint density at radius 3 is 2.71 bits per heavy atom. The normalized spacial score (nSPS) is 16.4. The standard InChI is InChI=1S/C15H17F3N4OS/c16-15(17,18)10-2-1-3-11(6-10)22-13(7-19)20-21-14(22)24-8-12(23)9-4-5-9/h1-3,6,9,12,23H,4-5,7-8,19H2/t12-/m1/s1. The molecule has 0 amide bonds. The van der Waals surface area contributed by atoms with Gasteiger partial charge in [0.05, 0.1) is 23.9 Å². The molecule has 1 saturated carbocycles. The van der Waals surface area contributed by atoms with Crippen molar-refractivity contribution in [1.82, 2.24) is 14.8 Å². The minimum Gasteiger partial charge on any atom is -0.392 e. The van der Waals surface area contributed by atoms with Crippen LogP contribution in [0.4, 0.5) is 13.2 Å². The zero-order chi connectivity index (χ0) is 17.3. The summed E-state index contributed by atoms with van der Waals surface area (Å²) in [6, 6.07) is 4.95. The lowest BCUT2D eigenvalue weighted by molar-refractivity contribution is -0.137. The molecule has 1 aliphatic rings. The first-order valence-corrected chi connectivity index (χ1v) is 8.51. The number of aromatic nitrogens is 3. The van der Waals surface area contributed by atoms with Crippen molar-refractivity contribution in [2.75, 3.05) is 5.75 Å². The van der Waals surface area contributed by atoms with Gasteiger partial charge in [0.2, 0.25) is 0 Å². The fourth-order valence-corrected chi connectivity index (χ4v) is 3.41. The van der Waals surface area contributed by atoms with Gasteiger partial charge in [-0.25, -0.2) is 0 Å². The Bertz CT molecular complexity index is 715. The van der Waals surface area contributed by atoms with Gasteiger partial charge in [-0.2, -0.15) is 13.2 Å². The van der Waals surface area contributed by atoms with Gasteiger partial charge in [0.15, 0.2) is 11.0 Å². The Morgan fingerprint density at radius 1 is 1.33 bits per heavy atom. The number of nitrogens with two attached hydrogens (primary N) is 1. The molecule has 2 aromatic rings. The number of benzene rings is 1. The zero-order valence-corrected chi connectivity index (χ0v) is 13.5. The van der Waals surface area contributed by atoms with E-state index in [-0.39, 0.29) is 6.54 Å². The molecular formula is C15H17F3N4OS. The molecule has 0 saturated heterocycles. The number of aliphatic hydroxyl groups is 1. The Morgan fingerprint density at radius 2 is 2.08 bits per heavy atom. The number of nitrogens with zero attached hydrogens (tertiary/aromatic N) is 3. The van der Waals surface area contributed by atoms with Crippen LogP contribution in [-0.4, -0.2) is 31.7 Å². The van der Waals surface area contributed by atoms with Gasteiger partial charge in [0, 0.05) is 5.75 Å². The molecule has 1 fully saturated rings. The van der Waals surface area contributed by atoms with Crippen molar-refractivity contribution in [1.29, 1.82) is 0 Å². The van der Waals surface area contributed by atoms with Crippen molar-refractivity contribution in [3.8, 4) is 5.69 Å². The molecule has 1 aromatic heterocycles.